The van der Waals surface area contributed by atoms with Crippen LogP contribution in [0.3, 0.4) is 0 Å². The number of pyridine rings is 1. The lowest BCUT2D eigenvalue weighted by Gasteiger charge is -2.31. The van der Waals surface area contributed by atoms with E-state index in [0.29, 0.717) is 19.4 Å². The highest BCUT2D eigenvalue weighted by Crippen LogP contribution is 2.26. The van der Waals surface area contributed by atoms with Gasteiger partial charge in [-0.05, 0) is 24.1 Å². The van der Waals surface area contributed by atoms with Crippen molar-refractivity contribution in [3.05, 3.63) is 66.0 Å². The van der Waals surface area contributed by atoms with E-state index in [9.17, 15) is 9.59 Å². The van der Waals surface area contributed by atoms with E-state index in [1.807, 2.05) is 49.4 Å². The van der Waals surface area contributed by atoms with Crippen LogP contribution in [0.4, 0.5) is 0 Å². The molecule has 1 aliphatic heterocycles. The van der Waals surface area contributed by atoms with E-state index in [-0.39, 0.29) is 17.9 Å². The monoisotopic (exact) mass is 324 g/mol. The summed E-state index contributed by atoms with van der Waals surface area (Å²) in [5.74, 6) is -0.455. The molecule has 2 atom stereocenters. The molecule has 0 bridgehead atoms. The maximum atomic E-state index is 12.9. The topological polar surface area (TPSA) is 59.5 Å². The van der Waals surface area contributed by atoms with Crippen LogP contribution in [0, 0.1) is 0 Å². The number of hydrogen-bond acceptors (Lipinski definition) is 4. The van der Waals surface area contributed by atoms with Gasteiger partial charge in [0.1, 0.15) is 0 Å². The molecule has 3 rings (SSSR count). The minimum absolute atomic E-state index is 0.127. The van der Waals surface area contributed by atoms with Crippen molar-refractivity contribution in [3.63, 3.8) is 0 Å². The highest BCUT2D eigenvalue weighted by molar-refractivity contribution is 5.86. The van der Waals surface area contributed by atoms with Gasteiger partial charge in [-0.25, -0.2) is 0 Å². The Kier molecular flexibility index (Phi) is 4.89. The largest absolute Gasteiger partial charge is 0.452 e. The molecule has 0 spiro atoms. The second kappa shape index (κ2) is 7.25. The van der Waals surface area contributed by atoms with Crippen molar-refractivity contribution in [3.8, 4) is 0 Å². The molecular formula is C19H20N2O3. The number of carbonyl (C=O) groups is 2. The van der Waals surface area contributed by atoms with Crippen LogP contribution in [0.1, 0.15) is 36.9 Å². The molecule has 0 N–H and O–H groups in total. The molecule has 0 unspecified atom stereocenters. The fraction of sp³-hybridized carbons (Fsp3) is 0.316. The molecule has 24 heavy (non-hydrogen) atoms. The van der Waals surface area contributed by atoms with Gasteiger partial charge in [-0.1, -0.05) is 36.4 Å². The van der Waals surface area contributed by atoms with Crippen LogP contribution < -0.4 is 0 Å². The van der Waals surface area contributed by atoms with Crippen LogP contribution in [-0.2, 0) is 20.9 Å². The van der Waals surface area contributed by atoms with Gasteiger partial charge < -0.3 is 9.64 Å². The zero-order valence-corrected chi connectivity index (χ0v) is 13.6. The number of benzene rings is 1. The van der Waals surface area contributed by atoms with Gasteiger partial charge in [-0.2, -0.15) is 0 Å². The number of amides is 1. The average molecular weight is 324 g/mol. The summed E-state index contributed by atoms with van der Waals surface area (Å²) < 4.78 is 5.18. The SMILES string of the molecule is C[C@@H](c1ccccc1)N(Cc1cccnc1)C(=O)[C@@H]1CCC(=O)O1. The Hall–Kier alpha value is -2.69. The first-order valence-electron chi connectivity index (χ1n) is 8.09. The van der Waals surface area contributed by atoms with Crippen molar-refractivity contribution in [2.75, 3.05) is 0 Å². The first-order valence-corrected chi connectivity index (χ1v) is 8.09. The normalized spacial score (nSPS) is 18.0. The summed E-state index contributed by atoms with van der Waals surface area (Å²) in [6, 6.07) is 13.5. The lowest BCUT2D eigenvalue weighted by Crippen LogP contribution is -2.40. The van der Waals surface area contributed by atoms with Crippen molar-refractivity contribution in [1.82, 2.24) is 9.88 Å². The summed E-state index contributed by atoms with van der Waals surface area (Å²) >= 11 is 0. The van der Waals surface area contributed by atoms with Gasteiger partial charge in [0.2, 0.25) is 0 Å². The van der Waals surface area contributed by atoms with Crippen LogP contribution in [0.2, 0.25) is 0 Å². The van der Waals surface area contributed by atoms with E-state index >= 15 is 0 Å². The smallest absolute Gasteiger partial charge is 0.306 e. The fourth-order valence-corrected chi connectivity index (χ4v) is 2.89. The molecule has 1 saturated heterocycles. The Labute approximate surface area is 141 Å². The first-order chi connectivity index (χ1) is 11.6. The summed E-state index contributed by atoms with van der Waals surface area (Å²) in [7, 11) is 0. The fourth-order valence-electron chi connectivity index (χ4n) is 2.89. The molecule has 0 aliphatic carbocycles. The van der Waals surface area contributed by atoms with E-state index in [1.54, 1.807) is 17.3 Å². The van der Waals surface area contributed by atoms with E-state index in [4.69, 9.17) is 4.74 Å². The van der Waals surface area contributed by atoms with E-state index in [0.717, 1.165) is 11.1 Å². The number of nitrogens with zero attached hydrogens (tertiary/aromatic N) is 2. The molecule has 2 heterocycles. The molecule has 0 radical (unpaired) electrons. The van der Waals surface area contributed by atoms with Crippen molar-refractivity contribution < 1.29 is 14.3 Å². The first kappa shape index (κ1) is 16.2. The molecule has 2 aromatic rings. The molecule has 5 heteroatoms. The molecule has 0 saturated carbocycles. The second-order valence-electron chi connectivity index (χ2n) is 5.93. The predicted octanol–water partition coefficient (Wildman–Crippen LogP) is 2.88. The van der Waals surface area contributed by atoms with Crippen molar-refractivity contribution >= 4 is 11.9 Å². The van der Waals surface area contributed by atoms with Gasteiger partial charge in [-0.15, -0.1) is 0 Å². The van der Waals surface area contributed by atoms with E-state index < -0.39 is 6.10 Å². The van der Waals surface area contributed by atoms with Gasteiger partial charge in [0.15, 0.2) is 6.10 Å². The van der Waals surface area contributed by atoms with Gasteiger partial charge in [0.25, 0.3) is 5.91 Å². The van der Waals surface area contributed by atoms with Gasteiger partial charge in [0, 0.05) is 31.8 Å². The number of ether oxygens (including phenoxy) is 1. The third-order valence-electron chi connectivity index (χ3n) is 4.27. The number of aromatic nitrogens is 1. The van der Waals surface area contributed by atoms with Crippen LogP contribution in [-0.4, -0.2) is 27.9 Å². The van der Waals surface area contributed by atoms with Crippen LogP contribution in [0.15, 0.2) is 54.9 Å². The highest BCUT2D eigenvalue weighted by Gasteiger charge is 2.35. The maximum absolute atomic E-state index is 12.9. The Morgan fingerprint density at radius 2 is 2.08 bits per heavy atom. The minimum atomic E-state index is -0.680. The molecule has 124 valence electrons. The summed E-state index contributed by atoms with van der Waals surface area (Å²) in [6.45, 7) is 2.41. The molecule has 1 fully saturated rings. The third kappa shape index (κ3) is 3.62. The predicted molar refractivity (Wildman–Crippen MR) is 88.8 cm³/mol. The number of hydrogen-bond donors (Lipinski definition) is 0. The Morgan fingerprint density at radius 3 is 2.71 bits per heavy atom. The van der Waals surface area contributed by atoms with Crippen LogP contribution in [0.25, 0.3) is 0 Å². The Morgan fingerprint density at radius 1 is 1.29 bits per heavy atom. The van der Waals surface area contributed by atoms with E-state index in [2.05, 4.69) is 4.98 Å². The van der Waals surface area contributed by atoms with Crippen molar-refractivity contribution in [1.29, 1.82) is 0 Å². The zero-order chi connectivity index (χ0) is 16.9. The highest BCUT2D eigenvalue weighted by atomic mass is 16.6. The van der Waals surface area contributed by atoms with Crippen molar-refractivity contribution in [2.24, 2.45) is 0 Å². The standard InChI is InChI=1S/C19H20N2O3/c1-14(16-7-3-2-4-8-16)21(13-15-6-5-11-20-12-15)19(23)17-9-10-18(22)24-17/h2-8,11-12,14,17H,9-10,13H2,1H3/t14-,17-/m0/s1. The number of rotatable bonds is 5. The number of cyclic esters (lactones) is 1. The van der Waals surface area contributed by atoms with Crippen LogP contribution in [0.5, 0.6) is 0 Å². The van der Waals surface area contributed by atoms with Gasteiger partial charge >= 0.3 is 5.97 Å². The molecule has 1 aliphatic rings. The third-order valence-corrected chi connectivity index (χ3v) is 4.27. The lowest BCUT2D eigenvalue weighted by atomic mass is 10.0. The zero-order valence-electron chi connectivity index (χ0n) is 13.6. The molecule has 5 nitrogen and oxygen atoms in total. The summed E-state index contributed by atoms with van der Waals surface area (Å²) in [5, 5.41) is 0. The molecule has 1 aromatic carbocycles. The number of esters is 1. The number of carbonyl (C=O) groups excluding carboxylic acids is 2. The molecular weight excluding hydrogens is 304 g/mol. The van der Waals surface area contributed by atoms with E-state index in [1.165, 1.54) is 0 Å². The average Bonchev–Trinajstić information content (AvgIpc) is 3.06. The quantitative estimate of drug-likeness (QED) is 0.794. The summed E-state index contributed by atoms with van der Waals surface area (Å²) in [5.41, 5.74) is 1.98. The van der Waals surface area contributed by atoms with Crippen LogP contribution >= 0.6 is 0 Å². The Bertz CT molecular complexity index is 703. The summed E-state index contributed by atoms with van der Waals surface area (Å²) in [6.07, 6.45) is 3.52. The minimum Gasteiger partial charge on any atom is -0.452 e. The lowest BCUT2D eigenvalue weighted by molar-refractivity contribution is -0.154. The molecule has 1 amide bonds. The summed E-state index contributed by atoms with van der Waals surface area (Å²) in [4.78, 5) is 30.2. The van der Waals surface area contributed by atoms with Gasteiger partial charge in [-0.3, -0.25) is 14.6 Å². The maximum Gasteiger partial charge on any atom is 0.306 e. The van der Waals surface area contributed by atoms with Crippen molar-refractivity contribution in [2.45, 2.75) is 38.5 Å². The molecule has 1 aromatic heterocycles. The van der Waals surface area contributed by atoms with Gasteiger partial charge in [0.05, 0.1) is 6.04 Å². The Balaban J connectivity index is 1.85. The second-order valence-corrected chi connectivity index (χ2v) is 5.93.